The van der Waals surface area contributed by atoms with Gasteiger partial charge in [-0.25, -0.2) is 4.98 Å². The second-order valence-corrected chi connectivity index (χ2v) is 4.18. The molecule has 0 unspecified atom stereocenters. The molecule has 17 heavy (non-hydrogen) atoms. The second kappa shape index (κ2) is 6.18. The summed E-state index contributed by atoms with van der Waals surface area (Å²) in [7, 11) is 1.70. The lowest BCUT2D eigenvalue weighted by Gasteiger charge is -2.00. The quantitative estimate of drug-likeness (QED) is 0.757. The minimum atomic E-state index is 0.00463. The summed E-state index contributed by atoms with van der Waals surface area (Å²) in [6, 6.07) is 5.65. The predicted octanol–water partition coefficient (Wildman–Crippen LogP) is 3.05. The van der Waals surface area contributed by atoms with Crippen LogP contribution < -0.4 is 5.56 Å². The topological polar surface area (TPSA) is 34.9 Å². The maximum Gasteiger partial charge on any atom is 0.260 e. The molecule has 0 bridgehead atoms. The summed E-state index contributed by atoms with van der Waals surface area (Å²) < 4.78 is 1.48. The van der Waals surface area contributed by atoms with Gasteiger partial charge < -0.3 is 4.57 Å². The molecule has 92 valence electrons. The third kappa shape index (κ3) is 3.41. The van der Waals surface area contributed by atoms with Crippen molar-refractivity contribution in [1.82, 2.24) is 9.55 Å². The summed E-state index contributed by atoms with van der Waals surface area (Å²) in [5, 5.41) is 0.676. The third-order valence-electron chi connectivity index (χ3n) is 2.57. The van der Waals surface area contributed by atoms with Gasteiger partial charge in [-0.3, -0.25) is 4.79 Å². The molecule has 2 aromatic rings. The number of nitrogens with zero attached hydrogens (tertiary/aromatic N) is 2. The molecular formula is C14H20N2O. The molecule has 1 heterocycles. The van der Waals surface area contributed by atoms with E-state index < -0.39 is 0 Å². The molecule has 0 radical (unpaired) electrons. The van der Waals surface area contributed by atoms with Crippen molar-refractivity contribution in [1.29, 1.82) is 0 Å². The number of hydrogen-bond acceptors (Lipinski definition) is 2. The molecule has 1 aromatic heterocycles. The zero-order chi connectivity index (χ0) is 12.8. The predicted molar refractivity (Wildman–Crippen MR) is 72.3 cm³/mol. The SMILES string of the molecule is CCCC.Cc1ccc2c(=O)n(C)cnc2c1. The minimum absolute atomic E-state index is 0.00463. The highest BCUT2D eigenvalue weighted by atomic mass is 16.1. The van der Waals surface area contributed by atoms with Crippen LogP contribution in [-0.4, -0.2) is 9.55 Å². The third-order valence-corrected chi connectivity index (χ3v) is 2.57. The summed E-state index contributed by atoms with van der Waals surface area (Å²) in [4.78, 5) is 15.7. The summed E-state index contributed by atoms with van der Waals surface area (Å²) in [6.07, 6.45) is 4.18. The van der Waals surface area contributed by atoms with Gasteiger partial charge in [-0.05, 0) is 24.6 Å². The van der Waals surface area contributed by atoms with Crippen LogP contribution >= 0.6 is 0 Å². The maximum absolute atomic E-state index is 11.6. The number of aryl methyl sites for hydroxylation is 2. The highest BCUT2D eigenvalue weighted by Gasteiger charge is 2.00. The average molecular weight is 232 g/mol. The number of unbranched alkanes of at least 4 members (excludes halogenated alkanes) is 1. The zero-order valence-electron chi connectivity index (χ0n) is 11.0. The van der Waals surface area contributed by atoms with Gasteiger partial charge in [0.15, 0.2) is 0 Å². The van der Waals surface area contributed by atoms with Gasteiger partial charge in [-0.15, -0.1) is 0 Å². The van der Waals surface area contributed by atoms with Gasteiger partial charge in [-0.1, -0.05) is 32.8 Å². The highest BCUT2D eigenvalue weighted by Crippen LogP contribution is 2.08. The number of hydrogen-bond donors (Lipinski definition) is 0. The first-order valence-corrected chi connectivity index (χ1v) is 6.02. The Morgan fingerprint density at radius 2 is 1.88 bits per heavy atom. The largest absolute Gasteiger partial charge is 0.302 e. The van der Waals surface area contributed by atoms with E-state index in [1.165, 1.54) is 17.4 Å². The molecular weight excluding hydrogens is 212 g/mol. The fourth-order valence-electron chi connectivity index (χ4n) is 1.32. The first kappa shape index (κ1) is 13.4. The molecule has 1 aromatic carbocycles. The first-order chi connectivity index (χ1) is 8.10. The van der Waals surface area contributed by atoms with E-state index in [0.29, 0.717) is 5.39 Å². The molecule has 0 saturated heterocycles. The van der Waals surface area contributed by atoms with Gasteiger partial charge in [-0.2, -0.15) is 0 Å². The van der Waals surface area contributed by atoms with Crippen LogP contribution in [0, 0.1) is 6.92 Å². The van der Waals surface area contributed by atoms with E-state index in [1.807, 2.05) is 25.1 Å². The molecule has 0 aliphatic heterocycles. The number of benzene rings is 1. The number of aromatic nitrogens is 2. The minimum Gasteiger partial charge on any atom is -0.302 e. The van der Waals surface area contributed by atoms with Crippen molar-refractivity contribution in [3.05, 3.63) is 40.4 Å². The molecule has 0 fully saturated rings. The summed E-state index contributed by atoms with van der Waals surface area (Å²) in [5.74, 6) is 0. The van der Waals surface area contributed by atoms with Gasteiger partial charge in [0, 0.05) is 7.05 Å². The Morgan fingerprint density at radius 3 is 2.47 bits per heavy atom. The van der Waals surface area contributed by atoms with E-state index >= 15 is 0 Å². The molecule has 0 spiro atoms. The lowest BCUT2D eigenvalue weighted by Crippen LogP contribution is -2.16. The first-order valence-electron chi connectivity index (χ1n) is 6.02. The van der Waals surface area contributed by atoms with Crippen LogP contribution in [-0.2, 0) is 7.05 Å². The Balaban J connectivity index is 0.000000317. The Bertz CT molecular complexity index is 541. The molecule has 0 N–H and O–H groups in total. The van der Waals surface area contributed by atoms with Crippen LogP contribution in [0.25, 0.3) is 10.9 Å². The van der Waals surface area contributed by atoms with Crippen molar-refractivity contribution < 1.29 is 0 Å². The van der Waals surface area contributed by atoms with Crippen LogP contribution in [0.2, 0.25) is 0 Å². The lowest BCUT2D eigenvalue weighted by atomic mass is 10.2. The number of fused-ring (bicyclic) bond motifs is 1. The summed E-state index contributed by atoms with van der Waals surface area (Å²) in [5.41, 5.74) is 1.89. The van der Waals surface area contributed by atoms with E-state index in [1.54, 1.807) is 13.4 Å². The Labute approximate surface area is 102 Å². The fraction of sp³-hybridized carbons (Fsp3) is 0.429. The number of rotatable bonds is 1. The van der Waals surface area contributed by atoms with Crippen molar-refractivity contribution in [3.8, 4) is 0 Å². The normalized spacial score (nSPS) is 9.88. The highest BCUT2D eigenvalue weighted by molar-refractivity contribution is 5.77. The zero-order valence-corrected chi connectivity index (χ0v) is 11.0. The van der Waals surface area contributed by atoms with Crippen LogP contribution in [0.3, 0.4) is 0 Å². The maximum atomic E-state index is 11.6. The van der Waals surface area contributed by atoms with E-state index in [-0.39, 0.29) is 5.56 Å². The van der Waals surface area contributed by atoms with Gasteiger partial charge in [0.2, 0.25) is 0 Å². The van der Waals surface area contributed by atoms with Crippen LogP contribution in [0.15, 0.2) is 29.3 Å². The van der Waals surface area contributed by atoms with E-state index in [2.05, 4.69) is 18.8 Å². The standard InChI is InChI=1S/C10H10N2O.C4H10/c1-7-3-4-8-9(5-7)11-6-12(2)10(8)13;1-3-4-2/h3-6H,1-2H3;3-4H2,1-2H3. The smallest absolute Gasteiger partial charge is 0.260 e. The van der Waals surface area contributed by atoms with Gasteiger partial charge >= 0.3 is 0 Å². The van der Waals surface area contributed by atoms with Crippen LogP contribution in [0.1, 0.15) is 32.3 Å². The molecule has 0 atom stereocenters. The monoisotopic (exact) mass is 232 g/mol. The van der Waals surface area contributed by atoms with Gasteiger partial charge in [0.05, 0.1) is 17.2 Å². The molecule has 0 aliphatic carbocycles. The molecule has 0 amide bonds. The van der Waals surface area contributed by atoms with Crippen molar-refractivity contribution in [2.75, 3.05) is 0 Å². The van der Waals surface area contributed by atoms with Crippen molar-refractivity contribution in [2.24, 2.45) is 7.05 Å². The molecule has 3 heteroatoms. The van der Waals surface area contributed by atoms with E-state index in [4.69, 9.17) is 0 Å². The van der Waals surface area contributed by atoms with Gasteiger partial charge in [0.1, 0.15) is 0 Å². The van der Waals surface area contributed by atoms with Crippen molar-refractivity contribution in [2.45, 2.75) is 33.6 Å². The lowest BCUT2D eigenvalue weighted by molar-refractivity contribution is 0.843. The summed E-state index contributed by atoms with van der Waals surface area (Å²) in [6.45, 7) is 6.35. The van der Waals surface area contributed by atoms with Gasteiger partial charge in [0.25, 0.3) is 5.56 Å². The molecule has 3 nitrogen and oxygen atoms in total. The van der Waals surface area contributed by atoms with Crippen molar-refractivity contribution >= 4 is 10.9 Å². The Kier molecular flexibility index (Phi) is 4.88. The molecule has 0 aliphatic rings. The van der Waals surface area contributed by atoms with E-state index in [9.17, 15) is 4.79 Å². The molecule has 2 rings (SSSR count). The fourth-order valence-corrected chi connectivity index (χ4v) is 1.32. The Hall–Kier alpha value is -1.64. The van der Waals surface area contributed by atoms with Crippen molar-refractivity contribution in [3.63, 3.8) is 0 Å². The summed E-state index contributed by atoms with van der Waals surface area (Å²) >= 11 is 0. The average Bonchev–Trinajstić information content (AvgIpc) is 2.34. The van der Waals surface area contributed by atoms with E-state index in [0.717, 1.165) is 11.1 Å². The Morgan fingerprint density at radius 1 is 1.24 bits per heavy atom. The van der Waals surface area contributed by atoms with Crippen LogP contribution in [0.4, 0.5) is 0 Å². The van der Waals surface area contributed by atoms with Crippen LogP contribution in [0.5, 0.6) is 0 Å². The second-order valence-electron chi connectivity index (χ2n) is 4.18. The molecule has 0 saturated carbocycles.